The maximum absolute atomic E-state index is 4.44. The summed E-state index contributed by atoms with van der Waals surface area (Å²) in [5.74, 6) is 0.845. The van der Waals surface area contributed by atoms with Crippen molar-refractivity contribution in [1.82, 2.24) is 14.8 Å². The lowest BCUT2D eigenvalue weighted by atomic mass is 9.92. The van der Waals surface area contributed by atoms with Crippen LogP contribution in [0, 0.1) is 6.92 Å². The van der Waals surface area contributed by atoms with E-state index < -0.39 is 0 Å². The van der Waals surface area contributed by atoms with E-state index in [1.54, 1.807) is 6.33 Å². The molecule has 0 amide bonds. The molecule has 1 N–H and O–H groups in total. The summed E-state index contributed by atoms with van der Waals surface area (Å²) in [6.07, 6.45) is 3.66. The van der Waals surface area contributed by atoms with Crippen LogP contribution in [-0.4, -0.2) is 14.8 Å². The second kappa shape index (κ2) is 6.11. The molecule has 1 aliphatic heterocycles. The molecule has 1 aliphatic rings. The van der Waals surface area contributed by atoms with E-state index in [-0.39, 0.29) is 12.1 Å². The Morgan fingerprint density at radius 2 is 1.96 bits per heavy atom. The van der Waals surface area contributed by atoms with Crippen molar-refractivity contribution in [2.45, 2.75) is 38.8 Å². The molecule has 0 aliphatic carbocycles. The van der Waals surface area contributed by atoms with E-state index in [9.17, 15) is 0 Å². The van der Waals surface area contributed by atoms with Crippen LogP contribution in [0.4, 0.5) is 5.95 Å². The minimum Gasteiger partial charge on any atom is -0.348 e. The average Bonchev–Trinajstić information content (AvgIpc) is 3.09. The fourth-order valence-electron chi connectivity index (χ4n) is 3.48. The smallest absolute Gasteiger partial charge is 0.222 e. The number of nitrogens with zero attached hydrogens (tertiary/aromatic N) is 3. The highest BCUT2D eigenvalue weighted by Crippen LogP contribution is 2.37. The Hall–Kier alpha value is -2.62. The molecular weight excluding hydrogens is 296 g/mol. The third kappa shape index (κ3) is 2.68. The van der Waals surface area contributed by atoms with Crippen LogP contribution in [-0.2, 0) is 6.42 Å². The number of aromatic nitrogens is 3. The number of fused-ring (bicyclic) bond motifs is 1. The molecule has 2 heterocycles. The number of benzene rings is 2. The summed E-state index contributed by atoms with van der Waals surface area (Å²) < 4.78 is 2.01. The van der Waals surface area contributed by atoms with Gasteiger partial charge in [0.1, 0.15) is 6.33 Å². The fourth-order valence-corrected chi connectivity index (χ4v) is 3.48. The molecule has 4 nitrogen and oxygen atoms in total. The standard InChI is InChI=1S/C20H22N4/c1-3-15-7-9-16(10-8-15)18-12-19(17-6-4-5-14(2)11-17)24-20(23-18)21-13-22-24/h4-11,13,18-19H,3,12H2,1-2H3,(H,21,22,23)/t18-,19+/m0/s1. The Kier molecular flexibility index (Phi) is 3.81. The summed E-state index contributed by atoms with van der Waals surface area (Å²) in [4.78, 5) is 4.41. The van der Waals surface area contributed by atoms with Gasteiger partial charge in [-0.2, -0.15) is 10.1 Å². The molecule has 0 fully saturated rings. The van der Waals surface area contributed by atoms with Gasteiger partial charge in [-0.25, -0.2) is 4.68 Å². The summed E-state index contributed by atoms with van der Waals surface area (Å²) in [7, 11) is 0. The van der Waals surface area contributed by atoms with Crippen molar-refractivity contribution in [3.63, 3.8) is 0 Å². The zero-order valence-corrected chi connectivity index (χ0v) is 14.1. The van der Waals surface area contributed by atoms with Gasteiger partial charge in [-0.1, -0.05) is 61.0 Å². The molecule has 0 radical (unpaired) electrons. The van der Waals surface area contributed by atoms with E-state index in [2.05, 4.69) is 77.8 Å². The molecule has 122 valence electrons. The van der Waals surface area contributed by atoms with E-state index in [1.165, 1.54) is 22.3 Å². The molecule has 24 heavy (non-hydrogen) atoms. The van der Waals surface area contributed by atoms with E-state index in [0.717, 1.165) is 18.8 Å². The first-order chi connectivity index (χ1) is 11.7. The van der Waals surface area contributed by atoms with Crippen molar-refractivity contribution in [3.05, 3.63) is 77.1 Å². The summed E-state index contributed by atoms with van der Waals surface area (Å²) in [6.45, 7) is 4.32. The first-order valence-electron chi connectivity index (χ1n) is 8.56. The SMILES string of the molecule is CCc1ccc([C@@H]2C[C@H](c3cccc(C)c3)n3ncnc3N2)cc1. The number of anilines is 1. The zero-order valence-electron chi connectivity index (χ0n) is 14.1. The van der Waals surface area contributed by atoms with E-state index in [1.807, 2.05) is 4.68 Å². The first-order valence-corrected chi connectivity index (χ1v) is 8.56. The largest absolute Gasteiger partial charge is 0.348 e. The number of hydrogen-bond donors (Lipinski definition) is 1. The molecular formula is C20H22N4. The van der Waals surface area contributed by atoms with Crippen LogP contribution in [0.5, 0.6) is 0 Å². The number of aryl methyl sites for hydroxylation is 2. The highest BCUT2D eigenvalue weighted by molar-refractivity contribution is 5.39. The predicted molar refractivity (Wildman–Crippen MR) is 96.1 cm³/mol. The molecule has 2 atom stereocenters. The molecule has 1 aromatic heterocycles. The molecule has 2 aromatic carbocycles. The highest BCUT2D eigenvalue weighted by Gasteiger charge is 2.29. The summed E-state index contributed by atoms with van der Waals surface area (Å²) >= 11 is 0. The van der Waals surface area contributed by atoms with E-state index in [0.29, 0.717) is 0 Å². The Balaban J connectivity index is 1.70. The normalized spacial score (nSPS) is 19.6. The zero-order chi connectivity index (χ0) is 16.5. The van der Waals surface area contributed by atoms with Crippen LogP contribution in [0.3, 0.4) is 0 Å². The van der Waals surface area contributed by atoms with Crippen molar-refractivity contribution in [3.8, 4) is 0 Å². The van der Waals surface area contributed by atoms with Crippen LogP contribution in [0.25, 0.3) is 0 Å². The van der Waals surface area contributed by atoms with E-state index in [4.69, 9.17) is 0 Å². The molecule has 0 saturated carbocycles. The van der Waals surface area contributed by atoms with Crippen molar-refractivity contribution in [2.24, 2.45) is 0 Å². The quantitative estimate of drug-likeness (QED) is 0.783. The first kappa shape index (κ1) is 14.9. The monoisotopic (exact) mass is 318 g/mol. The molecule has 4 heteroatoms. The molecule has 0 saturated heterocycles. The third-order valence-electron chi connectivity index (χ3n) is 4.85. The van der Waals surface area contributed by atoms with Crippen LogP contribution in [0.2, 0.25) is 0 Å². The summed E-state index contributed by atoms with van der Waals surface area (Å²) in [5, 5.41) is 7.98. The van der Waals surface area contributed by atoms with Crippen LogP contribution in [0.15, 0.2) is 54.9 Å². The molecule has 0 bridgehead atoms. The summed E-state index contributed by atoms with van der Waals surface area (Å²) in [5.41, 5.74) is 5.24. The Labute approximate surface area is 142 Å². The second-order valence-corrected chi connectivity index (χ2v) is 6.49. The number of nitrogens with one attached hydrogen (secondary N) is 1. The minimum atomic E-state index is 0.208. The minimum absolute atomic E-state index is 0.208. The number of rotatable bonds is 3. The lowest BCUT2D eigenvalue weighted by Crippen LogP contribution is -2.28. The van der Waals surface area contributed by atoms with Gasteiger partial charge < -0.3 is 5.32 Å². The molecule has 3 aromatic rings. The van der Waals surface area contributed by atoms with Crippen molar-refractivity contribution < 1.29 is 0 Å². The van der Waals surface area contributed by atoms with Gasteiger partial charge in [0.2, 0.25) is 5.95 Å². The van der Waals surface area contributed by atoms with E-state index >= 15 is 0 Å². The van der Waals surface area contributed by atoms with Gasteiger partial charge in [0.15, 0.2) is 0 Å². The maximum Gasteiger partial charge on any atom is 0.222 e. The lowest BCUT2D eigenvalue weighted by Gasteiger charge is -2.32. The predicted octanol–water partition coefficient (Wildman–Crippen LogP) is 4.30. The van der Waals surface area contributed by atoms with Crippen molar-refractivity contribution in [1.29, 1.82) is 0 Å². The highest BCUT2D eigenvalue weighted by atomic mass is 15.4. The van der Waals surface area contributed by atoms with Gasteiger partial charge in [0.05, 0.1) is 12.1 Å². The second-order valence-electron chi connectivity index (χ2n) is 6.49. The van der Waals surface area contributed by atoms with Gasteiger partial charge in [-0.05, 0) is 36.5 Å². The maximum atomic E-state index is 4.44. The topological polar surface area (TPSA) is 42.7 Å². The average molecular weight is 318 g/mol. The molecule has 0 spiro atoms. The van der Waals surface area contributed by atoms with Crippen molar-refractivity contribution >= 4 is 5.95 Å². The Morgan fingerprint density at radius 3 is 2.71 bits per heavy atom. The Morgan fingerprint density at radius 1 is 1.12 bits per heavy atom. The van der Waals surface area contributed by atoms with Crippen LogP contribution >= 0.6 is 0 Å². The van der Waals surface area contributed by atoms with Gasteiger partial charge in [-0.3, -0.25) is 0 Å². The van der Waals surface area contributed by atoms with Gasteiger partial charge in [0.25, 0.3) is 0 Å². The van der Waals surface area contributed by atoms with Crippen LogP contribution in [0.1, 0.15) is 47.7 Å². The molecule has 0 unspecified atom stereocenters. The van der Waals surface area contributed by atoms with Gasteiger partial charge in [0, 0.05) is 0 Å². The van der Waals surface area contributed by atoms with Gasteiger partial charge >= 0.3 is 0 Å². The lowest BCUT2D eigenvalue weighted by molar-refractivity contribution is 0.430. The Bertz CT molecular complexity index is 835. The summed E-state index contributed by atoms with van der Waals surface area (Å²) in [6, 6.07) is 18.0. The van der Waals surface area contributed by atoms with Crippen LogP contribution < -0.4 is 5.32 Å². The number of hydrogen-bond acceptors (Lipinski definition) is 3. The molecule has 4 rings (SSSR count). The third-order valence-corrected chi connectivity index (χ3v) is 4.85. The van der Waals surface area contributed by atoms with Gasteiger partial charge in [-0.15, -0.1) is 0 Å². The van der Waals surface area contributed by atoms with Crippen molar-refractivity contribution in [2.75, 3.05) is 5.32 Å². The fraction of sp³-hybridized carbons (Fsp3) is 0.300.